The molecule has 0 aromatic rings. The molecule has 0 spiro atoms. The van der Waals surface area contributed by atoms with Crippen molar-refractivity contribution >= 4 is 12.6 Å². The maximum atomic E-state index is 4.14. The Balaban J connectivity index is 3.17. The van der Waals surface area contributed by atoms with E-state index < -0.39 is 0 Å². The summed E-state index contributed by atoms with van der Waals surface area (Å²) in [5.41, 5.74) is 1.20. The summed E-state index contributed by atoms with van der Waals surface area (Å²) in [4.78, 5) is 0. The fraction of sp³-hybridized carbons (Fsp3) is 0.778. The first-order valence-corrected chi connectivity index (χ1v) is 4.81. The van der Waals surface area contributed by atoms with Gasteiger partial charge in [0.25, 0.3) is 0 Å². The van der Waals surface area contributed by atoms with Crippen LogP contribution in [0.5, 0.6) is 0 Å². The van der Waals surface area contributed by atoms with Crippen LogP contribution in [0, 0.1) is 0 Å². The Bertz CT molecular complexity index is 112. The molecule has 0 bridgehead atoms. The lowest BCUT2D eigenvalue weighted by Gasteiger charge is -2.12. The lowest BCUT2D eigenvalue weighted by molar-refractivity contribution is 0.585. The molecule has 1 N–H and O–H groups in total. The highest BCUT2D eigenvalue weighted by molar-refractivity contribution is 7.80. The molecule has 0 aliphatic carbocycles. The predicted octanol–water partition coefficient (Wildman–Crippen LogP) is 2.25. The third kappa shape index (κ3) is 6.45. The number of rotatable bonds is 6. The van der Waals surface area contributed by atoms with E-state index in [1.165, 1.54) is 18.4 Å². The Morgan fingerprint density at radius 3 is 2.64 bits per heavy atom. The van der Waals surface area contributed by atoms with Crippen molar-refractivity contribution in [3.8, 4) is 0 Å². The van der Waals surface area contributed by atoms with Gasteiger partial charge in [0.05, 0.1) is 0 Å². The quantitative estimate of drug-likeness (QED) is 0.357. The van der Waals surface area contributed by atoms with Crippen LogP contribution in [-0.2, 0) is 0 Å². The lowest BCUT2D eigenvalue weighted by Crippen LogP contribution is -2.27. The molecule has 0 fully saturated rings. The van der Waals surface area contributed by atoms with Gasteiger partial charge in [0.1, 0.15) is 0 Å². The number of nitrogens with one attached hydrogen (secondary N) is 1. The molecule has 0 amide bonds. The molecule has 2 heteroatoms. The van der Waals surface area contributed by atoms with Crippen LogP contribution in [0.4, 0.5) is 0 Å². The molecule has 0 radical (unpaired) electrons. The van der Waals surface area contributed by atoms with Crippen molar-refractivity contribution in [2.75, 3.05) is 12.3 Å². The molecule has 0 aromatic heterocycles. The van der Waals surface area contributed by atoms with E-state index in [-0.39, 0.29) is 0 Å². The summed E-state index contributed by atoms with van der Waals surface area (Å²) in [6.07, 6.45) is 2.40. The van der Waals surface area contributed by atoms with Crippen molar-refractivity contribution in [1.82, 2.24) is 5.32 Å². The Kier molecular flexibility index (Phi) is 6.77. The third-order valence-electron chi connectivity index (χ3n) is 1.77. The fourth-order valence-electron chi connectivity index (χ4n) is 0.730. The molecule has 11 heavy (non-hydrogen) atoms. The van der Waals surface area contributed by atoms with Crippen molar-refractivity contribution in [3.63, 3.8) is 0 Å². The topological polar surface area (TPSA) is 12.0 Å². The highest BCUT2D eigenvalue weighted by atomic mass is 32.1. The minimum atomic E-state index is 0.454. The van der Waals surface area contributed by atoms with Gasteiger partial charge in [-0.25, -0.2) is 0 Å². The zero-order valence-corrected chi connectivity index (χ0v) is 8.45. The molecule has 0 aromatic carbocycles. The molecule has 0 aliphatic rings. The smallest absolute Gasteiger partial charge is 0.0245 e. The molecular formula is C9H19NS. The van der Waals surface area contributed by atoms with Crippen LogP contribution in [0.1, 0.15) is 26.7 Å². The molecule has 1 unspecified atom stereocenters. The normalized spacial score (nSPS) is 13.0. The minimum Gasteiger partial charge on any atom is -0.311 e. The van der Waals surface area contributed by atoms with Crippen LogP contribution in [0.15, 0.2) is 12.2 Å². The first-order valence-electron chi connectivity index (χ1n) is 4.18. The first-order chi connectivity index (χ1) is 5.18. The van der Waals surface area contributed by atoms with Crippen molar-refractivity contribution in [2.45, 2.75) is 32.7 Å². The second-order valence-electron chi connectivity index (χ2n) is 2.95. The van der Waals surface area contributed by atoms with Gasteiger partial charge in [0.2, 0.25) is 0 Å². The van der Waals surface area contributed by atoms with Gasteiger partial charge in [-0.3, -0.25) is 0 Å². The SMILES string of the molecule is C=C(C)C(C)NCCCCS. The number of unbranched alkanes of at least 4 members (excludes halogenated alkanes) is 1. The monoisotopic (exact) mass is 173 g/mol. The Morgan fingerprint density at radius 2 is 2.18 bits per heavy atom. The largest absolute Gasteiger partial charge is 0.311 e. The van der Waals surface area contributed by atoms with E-state index >= 15 is 0 Å². The molecule has 0 rings (SSSR count). The Labute approximate surface area is 75.7 Å². The van der Waals surface area contributed by atoms with Crippen LogP contribution in [0.3, 0.4) is 0 Å². The summed E-state index contributed by atoms with van der Waals surface area (Å²) in [7, 11) is 0. The highest BCUT2D eigenvalue weighted by Crippen LogP contribution is 1.96. The van der Waals surface area contributed by atoms with E-state index in [1.54, 1.807) is 0 Å². The zero-order chi connectivity index (χ0) is 8.69. The fourth-order valence-corrected chi connectivity index (χ4v) is 0.953. The molecule has 0 saturated carbocycles. The van der Waals surface area contributed by atoms with Crippen LogP contribution < -0.4 is 5.32 Å². The molecule has 0 heterocycles. The highest BCUT2D eigenvalue weighted by Gasteiger charge is 1.98. The summed E-state index contributed by atoms with van der Waals surface area (Å²) >= 11 is 4.14. The summed E-state index contributed by atoms with van der Waals surface area (Å²) in [5.74, 6) is 0.989. The van der Waals surface area contributed by atoms with Crippen LogP contribution in [0.2, 0.25) is 0 Å². The van der Waals surface area contributed by atoms with E-state index in [1.807, 2.05) is 0 Å². The van der Waals surface area contributed by atoms with Gasteiger partial charge >= 0.3 is 0 Å². The summed E-state index contributed by atoms with van der Waals surface area (Å²) in [6, 6.07) is 0.454. The standard InChI is InChI=1S/C9H19NS/c1-8(2)9(3)10-6-4-5-7-11/h9-11H,1,4-7H2,2-3H3. The second kappa shape index (κ2) is 6.74. The van der Waals surface area contributed by atoms with Gasteiger partial charge in [0, 0.05) is 6.04 Å². The van der Waals surface area contributed by atoms with Crippen LogP contribution in [-0.4, -0.2) is 18.3 Å². The average Bonchev–Trinajstić information content (AvgIpc) is 1.97. The van der Waals surface area contributed by atoms with Gasteiger partial charge in [-0.2, -0.15) is 12.6 Å². The molecule has 0 saturated heterocycles. The second-order valence-corrected chi connectivity index (χ2v) is 3.40. The number of hydrogen-bond donors (Lipinski definition) is 2. The Morgan fingerprint density at radius 1 is 1.55 bits per heavy atom. The molecule has 66 valence electrons. The van der Waals surface area contributed by atoms with Gasteiger partial charge < -0.3 is 5.32 Å². The maximum absolute atomic E-state index is 4.14. The van der Waals surface area contributed by atoms with Crippen LogP contribution in [0.25, 0.3) is 0 Å². The minimum absolute atomic E-state index is 0.454. The molecule has 0 aliphatic heterocycles. The predicted molar refractivity (Wildman–Crippen MR) is 55.4 cm³/mol. The average molecular weight is 173 g/mol. The van der Waals surface area contributed by atoms with Gasteiger partial charge in [0.15, 0.2) is 0 Å². The Hall–Kier alpha value is 0.0500. The van der Waals surface area contributed by atoms with E-state index in [0.717, 1.165) is 12.3 Å². The lowest BCUT2D eigenvalue weighted by atomic mass is 10.2. The molecular weight excluding hydrogens is 154 g/mol. The van der Waals surface area contributed by atoms with E-state index in [9.17, 15) is 0 Å². The summed E-state index contributed by atoms with van der Waals surface area (Å²) in [6.45, 7) is 9.15. The van der Waals surface area contributed by atoms with Gasteiger partial charge in [-0.1, -0.05) is 12.2 Å². The summed E-state index contributed by atoms with van der Waals surface area (Å²) in [5, 5.41) is 3.38. The number of hydrogen-bond acceptors (Lipinski definition) is 2. The first kappa shape index (κ1) is 11.1. The van der Waals surface area contributed by atoms with E-state index in [2.05, 4.69) is 38.4 Å². The van der Waals surface area contributed by atoms with Crippen LogP contribution >= 0.6 is 12.6 Å². The van der Waals surface area contributed by atoms with Crippen molar-refractivity contribution in [1.29, 1.82) is 0 Å². The molecule has 1 nitrogen and oxygen atoms in total. The van der Waals surface area contributed by atoms with Gasteiger partial charge in [-0.05, 0) is 39.0 Å². The van der Waals surface area contributed by atoms with E-state index in [4.69, 9.17) is 0 Å². The summed E-state index contributed by atoms with van der Waals surface area (Å²) < 4.78 is 0. The third-order valence-corrected chi connectivity index (χ3v) is 2.09. The van der Waals surface area contributed by atoms with Gasteiger partial charge in [-0.15, -0.1) is 0 Å². The molecule has 1 atom stereocenters. The number of thiol groups is 1. The maximum Gasteiger partial charge on any atom is 0.0245 e. The van der Waals surface area contributed by atoms with E-state index in [0.29, 0.717) is 6.04 Å². The van der Waals surface area contributed by atoms with Crippen molar-refractivity contribution < 1.29 is 0 Å². The zero-order valence-electron chi connectivity index (χ0n) is 7.56. The van der Waals surface area contributed by atoms with Crippen molar-refractivity contribution in [3.05, 3.63) is 12.2 Å². The van der Waals surface area contributed by atoms with Crippen molar-refractivity contribution in [2.24, 2.45) is 0 Å².